The van der Waals surface area contributed by atoms with Crippen LogP contribution in [0.2, 0.25) is 0 Å². The zero-order chi connectivity index (χ0) is 44.9. The molecule has 0 aliphatic heterocycles. The molecule has 350 valence electrons. The minimum atomic E-state index is -0.0590. The molecule has 8 aliphatic rings. The molecule has 5 aromatic rings. The SMILES string of the molecule is Cc1cc(-c2ccc(C(C)C)cc2-c2cccc(-c3cc(C(C)C)ccc3-c3cc(C)cc(C45CC6C[C@@](C)(C4)C[C@](C)(C6)C5)c3[O-])n2)c([O-])c(C23CC4C[C@@](C)(C2)C[C@](C)(C4)C3)c1.[CH3-].[CH3-].[Hf+4]. The van der Waals surface area contributed by atoms with Crippen molar-refractivity contribution in [3.05, 3.63) is 127 Å². The maximum absolute atomic E-state index is 15.3. The Morgan fingerprint density at radius 3 is 1.15 bits per heavy atom. The van der Waals surface area contributed by atoms with Crippen molar-refractivity contribution in [2.24, 2.45) is 33.5 Å². The largest absolute Gasteiger partial charge is 4.00 e. The van der Waals surface area contributed by atoms with Crippen molar-refractivity contribution < 1.29 is 36.1 Å². The van der Waals surface area contributed by atoms with Crippen molar-refractivity contribution in [3.63, 3.8) is 0 Å². The van der Waals surface area contributed by atoms with E-state index in [0.717, 1.165) is 106 Å². The van der Waals surface area contributed by atoms with Crippen LogP contribution in [0.25, 0.3) is 44.8 Å². The van der Waals surface area contributed by atoms with Crippen LogP contribution in [0.5, 0.6) is 11.5 Å². The molecule has 1 heterocycles. The van der Waals surface area contributed by atoms with Gasteiger partial charge in [-0.05, 0) is 216 Å². The van der Waals surface area contributed by atoms with Gasteiger partial charge < -0.3 is 25.1 Å². The second-order valence-corrected chi connectivity index (χ2v) is 25.5. The van der Waals surface area contributed by atoms with Gasteiger partial charge in [0.05, 0.1) is 11.4 Å². The molecule has 8 saturated carbocycles. The zero-order valence-electron chi connectivity index (χ0n) is 43.1. The van der Waals surface area contributed by atoms with E-state index >= 15 is 10.2 Å². The summed E-state index contributed by atoms with van der Waals surface area (Å²) in [5.74, 6) is 2.44. The minimum Gasteiger partial charge on any atom is -0.872 e. The number of aromatic nitrogens is 1. The van der Waals surface area contributed by atoms with Crippen LogP contribution in [-0.2, 0) is 36.7 Å². The van der Waals surface area contributed by atoms with Crippen molar-refractivity contribution in [1.82, 2.24) is 4.98 Å². The maximum Gasteiger partial charge on any atom is 4.00 e. The van der Waals surface area contributed by atoms with E-state index in [1.807, 2.05) is 0 Å². The molecule has 1 aromatic heterocycles. The summed E-state index contributed by atoms with van der Waals surface area (Å²) in [6.45, 7) is 23.4. The zero-order valence-corrected chi connectivity index (χ0v) is 46.7. The standard InChI is InChI=1S/C61H73NO2.2CH3.Hf/c1-36(2)42-14-16-44(48-18-38(5)20-50(54(48)63)60-28-40-24-56(7,32-60)30-57(8,25-40)33-60)46(22-42)52-12-11-13-53(62-52)47-23-43(37(3)4)15-17-45(47)49-19-39(6)21-51(55(49)64)61-29-41-26-58(9,34-61)31-59(10,27-41)35-61;;;/h11-23,36-37,40-41,63-64H,24-35H2,1-10H3;2*1H3;/q;2*-1;+4/p-2/t40?,41?,56-,57+,58-,59+,60?,61?;;;. The van der Waals surface area contributed by atoms with Crippen molar-refractivity contribution in [3.8, 4) is 56.3 Å². The number of hydrogen-bond acceptors (Lipinski definition) is 3. The van der Waals surface area contributed by atoms with Gasteiger partial charge in [-0.15, -0.1) is 0 Å². The first-order valence-electron chi connectivity index (χ1n) is 25.1. The summed E-state index contributed by atoms with van der Waals surface area (Å²) in [4.78, 5) is 5.58. The van der Waals surface area contributed by atoms with Crippen molar-refractivity contribution >= 4 is 0 Å². The molecule has 4 unspecified atom stereocenters. The maximum atomic E-state index is 15.3. The van der Waals surface area contributed by atoms with Crippen LogP contribution in [0.3, 0.4) is 0 Å². The predicted octanol–water partition coefficient (Wildman–Crippen LogP) is 16.2. The monoisotopic (exact) mass is 1060 g/mol. The molecule has 0 spiro atoms. The third-order valence-corrected chi connectivity index (χ3v) is 18.2. The molecule has 0 amide bonds. The van der Waals surface area contributed by atoms with Gasteiger partial charge in [-0.2, -0.15) is 0 Å². The Hall–Kier alpha value is -3.50. The smallest absolute Gasteiger partial charge is 0.872 e. The van der Waals surface area contributed by atoms with Crippen molar-refractivity contribution in [2.75, 3.05) is 0 Å². The van der Waals surface area contributed by atoms with E-state index < -0.39 is 0 Å². The molecule has 8 fully saturated rings. The average Bonchev–Trinajstić information content (AvgIpc) is 3.19. The van der Waals surface area contributed by atoms with Gasteiger partial charge in [0, 0.05) is 11.1 Å². The molecule has 8 atom stereocenters. The molecule has 8 bridgehead atoms. The first kappa shape index (κ1) is 49.9. The summed E-state index contributed by atoms with van der Waals surface area (Å²) in [6.07, 6.45) is 14.6. The molecule has 0 radical (unpaired) electrons. The predicted molar refractivity (Wildman–Crippen MR) is 274 cm³/mol. The van der Waals surface area contributed by atoms with Gasteiger partial charge in [-0.3, -0.25) is 0 Å². The van der Waals surface area contributed by atoms with Gasteiger partial charge in [0.1, 0.15) is 0 Å². The van der Waals surface area contributed by atoms with Gasteiger partial charge in [0.15, 0.2) is 0 Å². The molecule has 13 rings (SSSR count). The Morgan fingerprint density at radius 1 is 0.463 bits per heavy atom. The molecule has 3 nitrogen and oxygen atoms in total. The summed E-state index contributed by atoms with van der Waals surface area (Å²) in [7, 11) is 0. The van der Waals surface area contributed by atoms with Gasteiger partial charge in [-0.1, -0.05) is 133 Å². The molecule has 0 N–H and O–H groups in total. The van der Waals surface area contributed by atoms with Crippen LogP contribution in [0, 0.1) is 62.2 Å². The van der Waals surface area contributed by atoms with Gasteiger partial charge in [0.2, 0.25) is 0 Å². The third kappa shape index (κ3) is 8.25. The second-order valence-electron chi connectivity index (χ2n) is 25.5. The van der Waals surface area contributed by atoms with Crippen molar-refractivity contribution in [1.29, 1.82) is 0 Å². The summed E-state index contributed by atoms with van der Waals surface area (Å²) >= 11 is 0. The Balaban J connectivity index is 0.00000203. The number of hydrogen-bond donors (Lipinski definition) is 0. The Bertz CT molecular complexity index is 2520. The number of aryl methyl sites for hydroxylation is 2. The summed E-state index contributed by atoms with van der Waals surface area (Å²) in [5, 5.41) is 30.6. The summed E-state index contributed by atoms with van der Waals surface area (Å²) in [6, 6.07) is 28.6. The topological polar surface area (TPSA) is 59.0 Å². The van der Waals surface area contributed by atoms with Crippen LogP contribution in [-0.4, -0.2) is 4.98 Å². The fourth-order valence-corrected chi connectivity index (χ4v) is 17.7. The first-order valence-corrected chi connectivity index (χ1v) is 25.1. The van der Waals surface area contributed by atoms with Gasteiger partial charge in [-0.25, -0.2) is 4.98 Å². The number of benzene rings is 4. The van der Waals surface area contributed by atoms with Crippen LogP contribution in [0.15, 0.2) is 78.9 Å². The molecule has 4 aromatic carbocycles. The van der Waals surface area contributed by atoms with Crippen LogP contribution < -0.4 is 10.2 Å². The fourth-order valence-electron chi connectivity index (χ4n) is 17.7. The normalized spacial score (nSPS) is 32.0. The summed E-state index contributed by atoms with van der Waals surface area (Å²) < 4.78 is 0. The molecule has 4 heteroatoms. The average molecular weight is 1060 g/mol. The number of nitrogens with zero attached hydrogens (tertiary/aromatic N) is 1. The molecular weight excluding hydrogens is 981 g/mol. The van der Waals surface area contributed by atoms with Crippen LogP contribution in [0.4, 0.5) is 0 Å². The fraction of sp³-hybridized carbons (Fsp3) is 0.508. The molecular formula is C63H77HfNO2. The Morgan fingerprint density at radius 2 is 0.821 bits per heavy atom. The minimum absolute atomic E-state index is 0. The van der Waals surface area contributed by atoms with E-state index in [0.29, 0.717) is 45.3 Å². The van der Waals surface area contributed by atoms with E-state index in [1.54, 1.807) is 0 Å². The molecule has 67 heavy (non-hydrogen) atoms. The Kier molecular flexibility index (Phi) is 12.5. The van der Waals surface area contributed by atoms with E-state index in [4.69, 9.17) is 4.98 Å². The third-order valence-electron chi connectivity index (χ3n) is 18.2. The van der Waals surface area contributed by atoms with Crippen LogP contribution >= 0.6 is 0 Å². The molecule has 0 saturated heterocycles. The van der Waals surface area contributed by atoms with Gasteiger partial charge >= 0.3 is 25.8 Å². The number of pyridine rings is 1. The Labute approximate surface area is 424 Å². The van der Waals surface area contributed by atoms with E-state index in [-0.39, 0.29) is 63.0 Å². The first-order chi connectivity index (χ1) is 30.2. The van der Waals surface area contributed by atoms with E-state index in [9.17, 15) is 0 Å². The van der Waals surface area contributed by atoms with Crippen LogP contribution in [0.1, 0.15) is 178 Å². The second kappa shape index (κ2) is 16.8. The quantitative estimate of drug-likeness (QED) is 0.115. The number of rotatable bonds is 8. The van der Waals surface area contributed by atoms with E-state index in [1.165, 1.54) is 49.7 Å². The summed E-state index contributed by atoms with van der Waals surface area (Å²) in [5.41, 5.74) is 15.3. The van der Waals surface area contributed by atoms with Gasteiger partial charge in [0.25, 0.3) is 0 Å². The molecule has 8 aliphatic carbocycles. The van der Waals surface area contributed by atoms with Crippen molar-refractivity contribution in [2.45, 2.75) is 169 Å². The van der Waals surface area contributed by atoms with E-state index in [2.05, 4.69) is 148 Å².